The van der Waals surface area contributed by atoms with Gasteiger partial charge in [0.15, 0.2) is 5.78 Å². The van der Waals surface area contributed by atoms with E-state index >= 15 is 0 Å². The summed E-state index contributed by atoms with van der Waals surface area (Å²) in [6.45, 7) is 2.45. The molecule has 0 fully saturated rings. The van der Waals surface area contributed by atoms with Gasteiger partial charge in [0.1, 0.15) is 0 Å². The highest BCUT2D eigenvalue weighted by Crippen LogP contribution is 2.09. The van der Waals surface area contributed by atoms with E-state index in [1.54, 1.807) is 6.92 Å². The largest absolute Gasteiger partial charge is 0.295 e. The normalized spacial score (nSPS) is 10.5. The Morgan fingerprint density at radius 3 is 2.77 bits per heavy atom. The van der Waals surface area contributed by atoms with E-state index in [9.17, 15) is 4.79 Å². The zero-order valence-electron chi connectivity index (χ0n) is 7.75. The van der Waals surface area contributed by atoms with Gasteiger partial charge in [-0.05, 0) is 25.6 Å². The van der Waals surface area contributed by atoms with E-state index in [1.807, 2.05) is 31.3 Å². The average Bonchev–Trinajstić information content (AvgIpc) is 2.03. The van der Waals surface area contributed by atoms with Crippen LogP contribution in [0.3, 0.4) is 0 Å². The van der Waals surface area contributed by atoms with Crippen molar-refractivity contribution in [3.63, 3.8) is 0 Å². The SMILES string of the molecule is CC(=O)c1cccc(CN(C)I)c1. The third-order valence-corrected chi connectivity index (χ3v) is 2.08. The summed E-state index contributed by atoms with van der Waals surface area (Å²) >= 11 is 2.22. The van der Waals surface area contributed by atoms with Crippen molar-refractivity contribution < 1.29 is 4.79 Å². The molecular weight excluding hydrogens is 277 g/mol. The molecule has 0 spiro atoms. The van der Waals surface area contributed by atoms with Gasteiger partial charge in [0.05, 0.1) is 0 Å². The van der Waals surface area contributed by atoms with Gasteiger partial charge in [0.25, 0.3) is 0 Å². The van der Waals surface area contributed by atoms with Gasteiger partial charge in [-0.1, -0.05) is 18.2 Å². The van der Waals surface area contributed by atoms with Gasteiger partial charge >= 0.3 is 0 Å². The van der Waals surface area contributed by atoms with Crippen LogP contribution in [-0.4, -0.2) is 15.9 Å². The molecule has 0 aliphatic carbocycles. The predicted molar refractivity (Wildman–Crippen MR) is 61.9 cm³/mol. The van der Waals surface area contributed by atoms with E-state index in [1.165, 1.54) is 5.56 Å². The molecule has 1 aromatic carbocycles. The van der Waals surface area contributed by atoms with Crippen LogP contribution in [0, 0.1) is 0 Å². The lowest BCUT2D eigenvalue weighted by Crippen LogP contribution is -2.04. The summed E-state index contributed by atoms with van der Waals surface area (Å²) in [5, 5.41) is 0. The van der Waals surface area contributed by atoms with E-state index in [-0.39, 0.29) is 5.78 Å². The maximum atomic E-state index is 11.1. The smallest absolute Gasteiger partial charge is 0.159 e. The Morgan fingerprint density at radius 1 is 1.54 bits per heavy atom. The molecule has 0 bridgehead atoms. The van der Waals surface area contributed by atoms with Crippen LogP contribution in [0.15, 0.2) is 24.3 Å². The van der Waals surface area contributed by atoms with Crippen LogP contribution in [0.2, 0.25) is 0 Å². The maximum Gasteiger partial charge on any atom is 0.159 e. The molecule has 0 radical (unpaired) electrons. The highest BCUT2D eigenvalue weighted by molar-refractivity contribution is 14.1. The second kappa shape index (κ2) is 4.72. The van der Waals surface area contributed by atoms with Crippen LogP contribution in [0.4, 0.5) is 0 Å². The molecule has 0 aliphatic rings. The Balaban J connectivity index is 2.85. The fraction of sp³-hybridized carbons (Fsp3) is 0.300. The van der Waals surface area contributed by atoms with Crippen LogP contribution in [0.5, 0.6) is 0 Å². The number of rotatable bonds is 3. The lowest BCUT2D eigenvalue weighted by Gasteiger charge is -2.07. The summed E-state index contributed by atoms with van der Waals surface area (Å²) in [5.41, 5.74) is 1.96. The first-order chi connectivity index (χ1) is 6.09. The van der Waals surface area contributed by atoms with E-state index in [4.69, 9.17) is 0 Å². The highest BCUT2D eigenvalue weighted by atomic mass is 127. The second-order valence-corrected chi connectivity index (χ2v) is 4.67. The van der Waals surface area contributed by atoms with Crippen molar-refractivity contribution in [2.24, 2.45) is 0 Å². The van der Waals surface area contributed by atoms with E-state index in [0.29, 0.717) is 0 Å². The van der Waals surface area contributed by atoms with Crippen molar-refractivity contribution in [1.29, 1.82) is 0 Å². The Hall–Kier alpha value is -0.420. The summed E-state index contributed by atoms with van der Waals surface area (Å²) < 4.78 is 2.05. The molecule has 1 rings (SSSR count). The van der Waals surface area contributed by atoms with Crippen LogP contribution in [-0.2, 0) is 6.54 Å². The minimum atomic E-state index is 0.123. The number of ketones is 1. The van der Waals surface area contributed by atoms with Crippen LogP contribution < -0.4 is 0 Å². The molecule has 0 amide bonds. The number of benzene rings is 1. The van der Waals surface area contributed by atoms with Gasteiger partial charge < -0.3 is 0 Å². The monoisotopic (exact) mass is 289 g/mol. The summed E-state index contributed by atoms with van der Waals surface area (Å²) in [4.78, 5) is 11.1. The van der Waals surface area contributed by atoms with Gasteiger partial charge in [-0.25, -0.2) is 3.11 Å². The van der Waals surface area contributed by atoms with E-state index < -0.39 is 0 Å². The minimum absolute atomic E-state index is 0.123. The fourth-order valence-corrected chi connectivity index (χ4v) is 1.53. The van der Waals surface area contributed by atoms with Crippen LogP contribution in [0.25, 0.3) is 0 Å². The van der Waals surface area contributed by atoms with Crippen molar-refractivity contribution in [3.8, 4) is 0 Å². The Morgan fingerprint density at radius 2 is 2.23 bits per heavy atom. The number of carbonyl (C=O) groups excluding carboxylic acids is 1. The maximum absolute atomic E-state index is 11.1. The zero-order valence-corrected chi connectivity index (χ0v) is 9.91. The first-order valence-electron chi connectivity index (χ1n) is 4.06. The van der Waals surface area contributed by atoms with Gasteiger partial charge in [0, 0.05) is 35.0 Å². The van der Waals surface area contributed by atoms with E-state index in [2.05, 4.69) is 26.0 Å². The number of hydrogen-bond acceptors (Lipinski definition) is 2. The van der Waals surface area contributed by atoms with Crippen molar-refractivity contribution in [3.05, 3.63) is 35.4 Å². The predicted octanol–water partition coefficient (Wildman–Crippen LogP) is 2.67. The van der Waals surface area contributed by atoms with Crippen molar-refractivity contribution in [1.82, 2.24) is 3.11 Å². The number of Topliss-reactive ketones (excluding diaryl/α,β-unsaturated/α-hetero) is 1. The third-order valence-electron chi connectivity index (χ3n) is 1.73. The summed E-state index contributed by atoms with van der Waals surface area (Å²) in [6, 6.07) is 7.74. The molecule has 70 valence electrons. The molecule has 0 aliphatic heterocycles. The number of nitrogens with zero attached hydrogens (tertiary/aromatic N) is 1. The molecule has 2 nitrogen and oxygen atoms in total. The third kappa shape index (κ3) is 3.44. The van der Waals surface area contributed by atoms with E-state index in [0.717, 1.165) is 12.1 Å². The molecule has 3 heteroatoms. The Bertz CT molecular complexity index is 310. The van der Waals surface area contributed by atoms with Gasteiger partial charge in [-0.3, -0.25) is 4.79 Å². The van der Waals surface area contributed by atoms with Gasteiger partial charge in [-0.15, -0.1) is 0 Å². The molecule has 0 atom stereocenters. The summed E-state index contributed by atoms with van der Waals surface area (Å²) in [5.74, 6) is 0.123. The molecule has 0 heterocycles. The Kier molecular flexibility index (Phi) is 3.87. The highest BCUT2D eigenvalue weighted by Gasteiger charge is 2.01. The number of halogens is 1. The number of hydrogen-bond donors (Lipinski definition) is 0. The fourth-order valence-electron chi connectivity index (χ4n) is 1.14. The minimum Gasteiger partial charge on any atom is -0.295 e. The van der Waals surface area contributed by atoms with Crippen molar-refractivity contribution in [2.75, 3.05) is 7.05 Å². The quantitative estimate of drug-likeness (QED) is 0.484. The first-order valence-corrected chi connectivity index (χ1v) is 5.03. The summed E-state index contributed by atoms with van der Waals surface area (Å²) in [7, 11) is 2.00. The molecule has 0 saturated heterocycles. The van der Waals surface area contributed by atoms with Gasteiger partial charge in [0.2, 0.25) is 0 Å². The van der Waals surface area contributed by atoms with Crippen LogP contribution in [0.1, 0.15) is 22.8 Å². The molecule has 0 N–H and O–H groups in total. The Labute approximate surface area is 92.4 Å². The lowest BCUT2D eigenvalue weighted by atomic mass is 10.1. The topological polar surface area (TPSA) is 20.3 Å². The molecule has 0 unspecified atom stereocenters. The second-order valence-electron chi connectivity index (χ2n) is 3.02. The molecule has 13 heavy (non-hydrogen) atoms. The zero-order chi connectivity index (χ0) is 9.84. The average molecular weight is 289 g/mol. The van der Waals surface area contributed by atoms with Crippen molar-refractivity contribution >= 4 is 28.6 Å². The molecule has 0 aromatic heterocycles. The molecular formula is C10H12INO. The number of carbonyl (C=O) groups is 1. The van der Waals surface area contributed by atoms with Crippen LogP contribution >= 0.6 is 22.9 Å². The van der Waals surface area contributed by atoms with Gasteiger partial charge in [-0.2, -0.15) is 0 Å². The molecule has 0 saturated carbocycles. The summed E-state index contributed by atoms with van der Waals surface area (Å²) in [6.07, 6.45) is 0. The molecule has 1 aromatic rings. The first kappa shape index (κ1) is 10.7. The van der Waals surface area contributed by atoms with Crippen molar-refractivity contribution in [2.45, 2.75) is 13.5 Å². The standard InChI is InChI=1S/C10H12INO/c1-8(13)10-5-3-4-9(6-10)7-12(2)11/h3-6H,7H2,1-2H3. The lowest BCUT2D eigenvalue weighted by molar-refractivity contribution is 0.101.